The highest BCUT2D eigenvalue weighted by Crippen LogP contribution is 2.35. The SMILES string of the molecule is CNC(C)(c1nc2c(s1)CCC2)C(C)OC. The molecular formula is C12H20N2OS. The van der Waals surface area contributed by atoms with E-state index < -0.39 is 0 Å². The number of fused-ring (bicyclic) bond motifs is 1. The van der Waals surface area contributed by atoms with E-state index in [1.807, 2.05) is 18.4 Å². The molecule has 0 radical (unpaired) electrons. The molecule has 1 aliphatic carbocycles. The van der Waals surface area contributed by atoms with Crippen molar-refractivity contribution in [3.8, 4) is 0 Å². The van der Waals surface area contributed by atoms with Crippen LogP contribution < -0.4 is 5.32 Å². The van der Waals surface area contributed by atoms with Crippen LogP contribution in [-0.4, -0.2) is 25.2 Å². The molecule has 0 amide bonds. The number of likely N-dealkylation sites (N-methyl/N-ethyl adjacent to an activating group) is 1. The highest BCUT2D eigenvalue weighted by Gasteiger charge is 2.36. The van der Waals surface area contributed by atoms with Crippen LogP contribution in [0.1, 0.15) is 35.8 Å². The second-order valence-electron chi connectivity index (χ2n) is 4.57. The Hall–Kier alpha value is -0.450. The molecule has 0 saturated heterocycles. The van der Waals surface area contributed by atoms with Crippen LogP contribution in [0.4, 0.5) is 0 Å². The Labute approximate surface area is 101 Å². The maximum atomic E-state index is 5.47. The average Bonchev–Trinajstić information content (AvgIpc) is 2.86. The third kappa shape index (κ3) is 1.79. The summed E-state index contributed by atoms with van der Waals surface area (Å²) in [6, 6.07) is 0. The van der Waals surface area contributed by atoms with Crippen molar-refractivity contribution in [1.82, 2.24) is 10.3 Å². The van der Waals surface area contributed by atoms with Gasteiger partial charge in [0.25, 0.3) is 0 Å². The van der Waals surface area contributed by atoms with Gasteiger partial charge in [-0.2, -0.15) is 0 Å². The number of hydrogen-bond acceptors (Lipinski definition) is 4. The molecule has 2 atom stereocenters. The third-order valence-electron chi connectivity index (χ3n) is 3.73. The Balaban J connectivity index is 2.33. The van der Waals surface area contributed by atoms with E-state index in [4.69, 9.17) is 9.72 Å². The van der Waals surface area contributed by atoms with Gasteiger partial charge in [0.15, 0.2) is 0 Å². The molecule has 0 aliphatic heterocycles. The molecule has 1 aliphatic rings. The van der Waals surface area contributed by atoms with E-state index in [2.05, 4.69) is 19.2 Å². The van der Waals surface area contributed by atoms with Gasteiger partial charge < -0.3 is 10.1 Å². The summed E-state index contributed by atoms with van der Waals surface area (Å²) in [5.74, 6) is 0. The van der Waals surface area contributed by atoms with Crippen molar-refractivity contribution in [2.75, 3.05) is 14.2 Å². The number of nitrogens with one attached hydrogen (secondary N) is 1. The Morgan fingerprint density at radius 2 is 2.25 bits per heavy atom. The second kappa shape index (κ2) is 4.43. The number of rotatable bonds is 4. The number of thiazole rings is 1. The minimum Gasteiger partial charge on any atom is -0.379 e. The van der Waals surface area contributed by atoms with Gasteiger partial charge in [-0.1, -0.05) is 0 Å². The predicted octanol–water partition coefficient (Wildman–Crippen LogP) is 2.10. The van der Waals surface area contributed by atoms with E-state index in [9.17, 15) is 0 Å². The standard InChI is InChI=1S/C12H20N2OS/c1-8(15-4)12(2,13-3)11-14-9-6-5-7-10(9)16-11/h8,13H,5-7H2,1-4H3. The van der Waals surface area contributed by atoms with Crippen LogP contribution >= 0.6 is 11.3 Å². The van der Waals surface area contributed by atoms with Crippen LogP contribution in [0.25, 0.3) is 0 Å². The number of hydrogen-bond donors (Lipinski definition) is 1. The lowest BCUT2D eigenvalue weighted by molar-refractivity contribution is 0.0399. The van der Waals surface area contributed by atoms with Gasteiger partial charge >= 0.3 is 0 Å². The fourth-order valence-corrected chi connectivity index (χ4v) is 3.51. The minimum atomic E-state index is -0.177. The van der Waals surface area contributed by atoms with Crippen LogP contribution in [0, 0.1) is 0 Å². The number of methoxy groups -OCH3 is 1. The van der Waals surface area contributed by atoms with Crippen LogP contribution in [0.15, 0.2) is 0 Å². The molecule has 4 heteroatoms. The maximum absolute atomic E-state index is 5.47. The molecule has 2 rings (SSSR count). The first-order valence-electron chi connectivity index (χ1n) is 5.82. The normalized spacial score (nSPS) is 20.5. The summed E-state index contributed by atoms with van der Waals surface area (Å²) in [6.45, 7) is 4.25. The molecule has 0 saturated carbocycles. The lowest BCUT2D eigenvalue weighted by Crippen LogP contribution is -2.47. The molecule has 16 heavy (non-hydrogen) atoms. The van der Waals surface area contributed by atoms with Crippen LogP contribution in [0.3, 0.4) is 0 Å². The van der Waals surface area contributed by atoms with E-state index in [1.54, 1.807) is 7.11 Å². The van der Waals surface area contributed by atoms with Gasteiger partial charge in [-0.3, -0.25) is 0 Å². The minimum absolute atomic E-state index is 0.115. The summed E-state index contributed by atoms with van der Waals surface area (Å²) in [7, 11) is 3.73. The van der Waals surface area contributed by atoms with Gasteiger partial charge in [0.05, 0.1) is 17.3 Å². The summed E-state index contributed by atoms with van der Waals surface area (Å²) in [4.78, 5) is 6.25. The van der Waals surface area contributed by atoms with Crippen molar-refractivity contribution in [2.45, 2.75) is 44.8 Å². The summed E-state index contributed by atoms with van der Waals surface area (Å²) >= 11 is 1.84. The second-order valence-corrected chi connectivity index (χ2v) is 5.66. The summed E-state index contributed by atoms with van der Waals surface area (Å²) in [5, 5.41) is 4.52. The first-order chi connectivity index (χ1) is 7.61. The summed E-state index contributed by atoms with van der Waals surface area (Å²) in [5.41, 5.74) is 1.13. The molecule has 2 unspecified atom stereocenters. The molecular weight excluding hydrogens is 220 g/mol. The highest BCUT2D eigenvalue weighted by atomic mass is 32.1. The first-order valence-corrected chi connectivity index (χ1v) is 6.64. The van der Waals surface area contributed by atoms with Gasteiger partial charge in [0.2, 0.25) is 0 Å². The monoisotopic (exact) mass is 240 g/mol. The van der Waals surface area contributed by atoms with Crippen LogP contribution in [-0.2, 0) is 23.1 Å². The Morgan fingerprint density at radius 3 is 2.81 bits per heavy atom. The van der Waals surface area contributed by atoms with E-state index in [1.165, 1.54) is 23.4 Å². The van der Waals surface area contributed by atoms with E-state index >= 15 is 0 Å². The molecule has 1 N–H and O–H groups in total. The number of aromatic nitrogens is 1. The first kappa shape index (κ1) is 12.0. The summed E-state index contributed by atoms with van der Waals surface area (Å²) in [6.07, 6.45) is 3.73. The van der Waals surface area contributed by atoms with Gasteiger partial charge in [-0.15, -0.1) is 11.3 Å². The lowest BCUT2D eigenvalue weighted by Gasteiger charge is -2.32. The van der Waals surface area contributed by atoms with Gasteiger partial charge in [-0.25, -0.2) is 4.98 Å². The van der Waals surface area contributed by atoms with Crippen molar-refractivity contribution in [3.05, 3.63) is 15.6 Å². The van der Waals surface area contributed by atoms with Gasteiger partial charge in [-0.05, 0) is 40.2 Å². The molecule has 0 fully saturated rings. The molecule has 3 nitrogen and oxygen atoms in total. The summed E-state index contributed by atoms with van der Waals surface area (Å²) < 4.78 is 5.47. The largest absolute Gasteiger partial charge is 0.379 e. The smallest absolute Gasteiger partial charge is 0.116 e. The maximum Gasteiger partial charge on any atom is 0.116 e. The van der Waals surface area contributed by atoms with Crippen molar-refractivity contribution in [2.24, 2.45) is 0 Å². The van der Waals surface area contributed by atoms with E-state index in [-0.39, 0.29) is 11.6 Å². The van der Waals surface area contributed by atoms with Crippen molar-refractivity contribution in [1.29, 1.82) is 0 Å². The van der Waals surface area contributed by atoms with Gasteiger partial charge in [0.1, 0.15) is 5.01 Å². The highest BCUT2D eigenvalue weighted by molar-refractivity contribution is 7.12. The van der Waals surface area contributed by atoms with Crippen molar-refractivity contribution >= 4 is 11.3 Å². The Bertz CT molecular complexity index is 356. The molecule has 1 aromatic heterocycles. The zero-order valence-electron chi connectivity index (χ0n) is 10.5. The lowest BCUT2D eigenvalue weighted by atomic mass is 9.97. The fraction of sp³-hybridized carbons (Fsp3) is 0.750. The fourth-order valence-electron chi connectivity index (χ4n) is 2.13. The molecule has 90 valence electrons. The molecule has 0 bridgehead atoms. The average molecular weight is 240 g/mol. The van der Waals surface area contributed by atoms with E-state index in [0.717, 1.165) is 11.4 Å². The number of aryl methyl sites for hydroxylation is 2. The Morgan fingerprint density at radius 1 is 1.50 bits per heavy atom. The molecule has 0 spiro atoms. The zero-order valence-corrected chi connectivity index (χ0v) is 11.3. The zero-order chi connectivity index (χ0) is 11.8. The van der Waals surface area contributed by atoms with Crippen LogP contribution in [0.2, 0.25) is 0 Å². The number of ether oxygens (including phenoxy) is 1. The topological polar surface area (TPSA) is 34.2 Å². The van der Waals surface area contributed by atoms with Crippen LogP contribution in [0.5, 0.6) is 0 Å². The predicted molar refractivity (Wildman–Crippen MR) is 67.0 cm³/mol. The molecule has 1 aromatic rings. The molecule has 0 aromatic carbocycles. The Kier molecular flexibility index (Phi) is 3.33. The number of nitrogens with zero attached hydrogens (tertiary/aromatic N) is 1. The van der Waals surface area contributed by atoms with Crippen molar-refractivity contribution in [3.63, 3.8) is 0 Å². The third-order valence-corrected chi connectivity index (χ3v) is 5.12. The molecule has 1 heterocycles. The van der Waals surface area contributed by atoms with Crippen molar-refractivity contribution < 1.29 is 4.74 Å². The van der Waals surface area contributed by atoms with Gasteiger partial charge in [0, 0.05) is 12.0 Å². The quantitative estimate of drug-likeness (QED) is 0.875. The van der Waals surface area contributed by atoms with E-state index in [0.29, 0.717) is 0 Å².